The number of urea groups is 1. The van der Waals surface area contributed by atoms with Crippen LogP contribution in [0.25, 0.3) is 0 Å². The van der Waals surface area contributed by atoms with Crippen molar-refractivity contribution < 1.29 is 19.8 Å². The van der Waals surface area contributed by atoms with Crippen molar-refractivity contribution in [1.82, 2.24) is 9.88 Å². The number of pyridine rings is 1. The number of carboxylic acids is 1. The summed E-state index contributed by atoms with van der Waals surface area (Å²) in [6.07, 6.45) is 1.24. The Balaban J connectivity index is 2.62. The number of likely N-dealkylation sites (N-methyl/N-ethyl adjacent to an activating group) is 1. The van der Waals surface area contributed by atoms with Gasteiger partial charge in [-0.2, -0.15) is 0 Å². The number of amides is 2. The van der Waals surface area contributed by atoms with E-state index in [-0.39, 0.29) is 25.1 Å². The highest BCUT2D eigenvalue weighted by Crippen LogP contribution is 2.08. The Morgan fingerprint density at radius 1 is 1.47 bits per heavy atom. The van der Waals surface area contributed by atoms with E-state index in [9.17, 15) is 9.59 Å². The van der Waals surface area contributed by atoms with Gasteiger partial charge in [0.1, 0.15) is 0 Å². The van der Waals surface area contributed by atoms with Gasteiger partial charge >= 0.3 is 12.0 Å². The first-order valence-electron chi connectivity index (χ1n) is 5.75. The second-order valence-electron chi connectivity index (χ2n) is 4.18. The van der Waals surface area contributed by atoms with Crippen molar-refractivity contribution >= 4 is 17.7 Å². The third-order valence-electron chi connectivity index (χ3n) is 2.65. The number of nitrogens with zero attached hydrogens (tertiary/aromatic N) is 2. The van der Waals surface area contributed by atoms with E-state index in [0.717, 1.165) is 0 Å². The van der Waals surface area contributed by atoms with E-state index in [4.69, 9.17) is 10.2 Å². The average Bonchev–Trinajstić information content (AvgIpc) is 2.38. The van der Waals surface area contributed by atoms with Crippen LogP contribution in [-0.4, -0.2) is 51.8 Å². The molecule has 1 unspecified atom stereocenters. The fourth-order valence-corrected chi connectivity index (χ4v) is 1.29. The lowest BCUT2D eigenvalue weighted by Crippen LogP contribution is -2.40. The summed E-state index contributed by atoms with van der Waals surface area (Å²) in [7, 11) is 1.57. The zero-order valence-corrected chi connectivity index (χ0v) is 10.8. The Bertz CT molecular complexity index is 447. The molecular formula is C12H17N3O4. The highest BCUT2D eigenvalue weighted by atomic mass is 16.4. The van der Waals surface area contributed by atoms with E-state index in [0.29, 0.717) is 11.4 Å². The van der Waals surface area contributed by atoms with E-state index >= 15 is 0 Å². The van der Waals surface area contributed by atoms with Gasteiger partial charge in [-0.05, 0) is 19.1 Å². The van der Waals surface area contributed by atoms with Crippen molar-refractivity contribution in [3.05, 3.63) is 24.0 Å². The quantitative estimate of drug-likeness (QED) is 0.723. The van der Waals surface area contributed by atoms with E-state index in [1.807, 2.05) is 0 Å². The minimum Gasteiger partial charge on any atom is -0.481 e. The first-order chi connectivity index (χ1) is 8.93. The Labute approximate surface area is 110 Å². The van der Waals surface area contributed by atoms with Gasteiger partial charge in [0, 0.05) is 7.05 Å². The molecule has 7 heteroatoms. The van der Waals surface area contributed by atoms with Crippen LogP contribution in [0.1, 0.15) is 12.6 Å². The van der Waals surface area contributed by atoms with Gasteiger partial charge in [-0.1, -0.05) is 0 Å². The van der Waals surface area contributed by atoms with Gasteiger partial charge in [-0.3, -0.25) is 9.78 Å². The number of carboxylic acid groups (broad SMARTS) is 1. The molecule has 2 amide bonds. The molecule has 0 saturated heterocycles. The third kappa shape index (κ3) is 4.55. The molecule has 3 N–H and O–H groups in total. The minimum atomic E-state index is -0.958. The Morgan fingerprint density at radius 2 is 2.16 bits per heavy atom. The second kappa shape index (κ2) is 6.69. The van der Waals surface area contributed by atoms with Gasteiger partial charge in [-0.15, -0.1) is 0 Å². The Kier molecular flexibility index (Phi) is 5.25. The predicted molar refractivity (Wildman–Crippen MR) is 68.9 cm³/mol. The van der Waals surface area contributed by atoms with Crippen LogP contribution in [0.2, 0.25) is 0 Å². The number of hydrogen-bond donors (Lipinski definition) is 3. The number of anilines is 1. The molecule has 0 aromatic carbocycles. The molecule has 19 heavy (non-hydrogen) atoms. The number of carbonyl (C=O) groups excluding carboxylic acids is 1. The lowest BCUT2D eigenvalue weighted by molar-refractivity contribution is -0.136. The number of rotatable bonds is 5. The summed E-state index contributed by atoms with van der Waals surface area (Å²) in [4.78, 5) is 27.5. The molecule has 0 fully saturated rings. The molecule has 0 saturated carbocycles. The van der Waals surface area contributed by atoms with E-state index in [2.05, 4.69) is 10.3 Å². The van der Waals surface area contributed by atoms with Gasteiger partial charge in [0.2, 0.25) is 0 Å². The van der Waals surface area contributed by atoms with Crippen molar-refractivity contribution in [3.8, 4) is 0 Å². The predicted octanol–water partition coefficient (Wildman–Crippen LogP) is 0.553. The fourth-order valence-electron chi connectivity index (χ4n) is 1.29. The molecule has 0 aliphatic heterocycles. The van der Waals surface area contributed by atoms with Gasteiger partial charge in [-0.25, -0.2) is 4.79 Å². The Morgan fingerprint density at radius 3 is 2.63 bits per heavy atom. The molecule has 1 heterocycles. The van der Waals surface area contributed by atoms with Gasteiger partial charge in [0.15, 0.2) is 0 Å². The number of aromatic nitrogens is 1. The van der Waals surface area contributed by atoms with Crippen LogP contribution in [0.3, 0.4) is 0 Å². The summed E-state index contributed by atoms with van der Waals surface area (Å²) in [5.74, 6) is -0.958. The SMILES string of the molecule is CC(CO)N(C)C(=O)Nc1ccc(CC(=O)O)nc1. The lowest BCUT2D eigenvalue weighted by Gasteiger charge is -2.23. The number of nitrogens with one attached hydrogen (secondary N) is 1. The molecule has 1 rings (SSSR count). The Hall–Kier alpha value is -2.15. The van der Waals surface area contributed by atoms with Gasteiger partial charge < -0.3 is 20.4 Å². The second-order valence-corrected chi connectivity index (χ2v) is 4.18. The molecule has 1 atom stereocenters. The first-order valence-corrected chi connectivity index (χ1v) is 5.75. The molecule has 0 bridgehead atoms. The van der Waals surface area contributed by atoms with E-state index in [1.54, 1.807) is 26.1 Å². The summed E-state index contributed by atoms with van der Waals surface area (Å²) in [6.45, 7) is 1.59. The summed E-state index contributed by atoms with van der Waals surface area (Å²) >= 11 is 0. The minimum absolute atomic E-state index is 0.125. The van der Waals surface area contributed by atoms with Gasteiger partial charge in [0.05, 0.1) is 36.6 Å². The van der Waals surface area contributed by atoms with Crippen molar-refractivity contribution in [1.29, 1.82) is 0 Å². The van der Waals surface area contributed by atoms with Crippen molar-refractivity contribution in [2.24, 2.45) is 0 Å². The monoisotopic (exact) mass is 267 g/mol. The van der Waals surface area contributed by atoms with Crippen LogP contribution in [-0.2, 0) is 11.2 Å². The van der Waals surface area contributed by atoms with Crippen LogP contribution < -0.4 is 5.32 Å². The molecule has 0 aliphatic carbocycles. The fraction of sp³-hybridized carbons (Fsp3) is 0.417. The highest BCUT2D eigenvalue weighted by Gasteiger charge is 2.14. The maximum absolute atomic E-state index is 11.8. The first kappa shape index (κ1) is 14.9. The molecule has 7 nitrogen and oxygen atoms in total. The number of aliphatic hydroxyl groups excluding tert-OH is 1. The van der Waals surface area contributed by atoms with Crippen molar-refractivity contribution in [3.63, 3.8) is 0 Å². The summed E-state index contributed by atoms with van der Waals surface area (Å²) in [5, 5.41) is 20.2. The standard InChI is InChI=1S/C12H17N3O4/c1-8(7-16)15(2)12(19)14-10-4-3-9(13-6-10)5-11(17)18/h3-4,6,8,16H,5,7H2,1-2H3,(H,14,19)(H,17,18). The maximum Gasteiger partial charge on any atom is 0.321 e. The van der Waals surface area contributed by atoms with Crippen LogP contribution in [0.5, 0.6) is 0 Å². The molecule has 0 spiro atoms. The molecular weight excluding hydrogens is 250 g/mol. The van der Waals surface area contributed by atoms with E-state index in [1.165, 1.54) is 11.1 Å². The molecule has 0 radical (unpaired) electrons. The van der Waals surface area contributed by atoms with Crippen molar-refractivity contribution in [2.45, 2.75) is 19.4 Å². The third-order valence-corrected chi connectivity index (χ3v) is 2.65. The largest absolute Gasteiger partial charge is 0.481 e. The average molecular weight is 267 g/mol. The summed E-state index contributed by atoms with van der Waals surface area (Å²) in [5.41, 5.74) is 0.888. The zero-order chi connectivity index (χ0) is 14.4. The topological polar surface area (TPSA) is 103 Å². The summed E-state index contributed by atoms with van der Waals surface area (Å²) < 4.78 is 0. The van der Waals surface area contributed by atoms with Crippen LogP contribution in [0.4, 0.5) is 10.5 Å². The molecule has 1 aromatic rings. The van der Waals surface area contributed by atoms with Crippen LogP contribution >= 0.6 is 0 Å². The van der Waals surface area contributed by atoms with Crippen LogP contribution in [0.15, 0.2) is 18.3 Å². The smallest absolute Gasteiger partial charge is 0.321 e. The zero-order valence-electron chi connectivity index (χ0n) is 10.8. The molecule has 1 aromatic heterocycles. The number of hydrogen-bond acceptors (Lipinski definition) is 4. The lowest BCUT2D eigenvalue weighted by atomic mass is 10.2. The number of aliphatic carboxylic acids is 1. The van der Waals surface area contributed by atoms with Gasteiger partial charge in [0.25, 0.3) is 0 Å². The molecule has 104 valence electrons. The highest BCUT2D eigenvalue weighted by molar-refractivity contribution is 5.89. The molecule has 0 aliphatic rings. The van der Waals surface area contributed by atoms with E-state index < -0.39 is 5.97 Å². The number of aliphatic hydroxyl groups is 1. The summed E-state index contributed by atoms with van der Waals surface area (Å²) in [6, 6.07) is 2.47. The number of carbonyl (C=O) groups is 2. The van der Waals surface area contributed by atoms with Crippen LogP contribution in [0, 0.1) is 0 Å². The van der Waals surface area contributed by atoms with Crippen molar-refractivity contribution in [2.75, 3.05) is 19.0 Å². The maximum atomic E-state index is 11.8. The normalized spacial score (nSPS) is 11.7.